The Morgan fingerprint density at radius 3 is 2.47 bits per heavy atom. The first kappa shape index (κ1) is 14.7. The SMILES string of the molecule is Cc1cc(CNCC(C)(C)C(C)C)ccc1Br. The lowest BCUT2D eigenvalue weighted by atomic mass is 9.81. The standard InChI is InChI=1S/C15H24BrN/c1-11(2)15(4,5)10-17-9-13-6-7-14(16)12(3)8-13/h6-8,11,17H,9-10H2,1-5H3. The van der Waals surface area contributed by atoms with E-state index < -0.39 is 0 Å². The van der Waals surface area contributed by atoms with Gasteiger partial charge < -0.3 is 5.32 Å². The molecule has 0 aliphatic heterocycles. The van der Waals surface area contributed by atoms with Crippen molar-refractivity contribution in [2.24, 2.45) is 11.3 Å². The van der Waals surface area contributed by atoms with E-state index in [1.807, 2.05) is 0 Å². The molecule has 0 unspecified atom stereocenters. The highest BCUT2D eigenvalue weighted by Gasteiger charge is 2.21. The highest BCUT2D eigenvalue weighted by molar-refractivity contribution is 9.10. The van der Waals surface area contributed by atoms with Gasteiger partial charge in [-0.2, -0.15) is 0 Å². The molecule has 0 aromatic heterocycles. The zero-order valence-electron chi connectivity index (χ0n) is 11.6. The summed E-state index contributed by atoms with van der Waals surface area (Å²) in [5.41, 5.74) is 3.00. The Kier molecular flexibility index (Phi) is 5.21. The Bertz CT molecular complexity index is 369. The van der Waals surface area contributed by atoms with Crippen molar-refractivity contribution < 1.29 is 0 Å². The van der Waals surface area contributed by atoms with E-state index in [1.165, 1.54) is 15.6 Å². The minimum atomic E-state index is 0.352. The number of halogens is 1. The monoisotopic (exact) mass is 297 g/mol. The molecule has 1 rings (SSSR count). The second-order valence-electron chi connectivity index (χ2n) is 5.83. The van der Waals surface area contributed by atoms with E-state index in [2.05, 4.69) is 74.1 Å². The van der Waals surface area contributed by atoms with Crippen molar-refractivity contribution in [3.8, 4) is 0 Å². The summed E-state index contributed by atoms with van der Waals surface area (Å²) in [5.74, 6) is 0.696. The largest absolute Gasteiger partial charge is 0.312 e. The Labute approximate surface area is 114 Å². The number of nitrogens with one attached hydrogen (secondary N) is 1. The normalized spacial score (nSPS) is 12.2. The van der Waals surface area contributed by atoms with Gasteiger partial charge in [0.1, 0.15) is 0 Å². The molecule has 1 aromatic carbocycles. The van der Waals surface area contributed by atoms with Crippen LogP contribution < -0.4 is 5.32 Å². The van der Waals surface area contributed by atoms with E-state index in [4.69, 9.17) is 0 Å². The molecule has 0 aliphatic rings. The Hall–Kier alpha value is -0.340. The van der Waals surface area contributed by atoms with Crippen LogP contribution >= 0.6 is 15.9 Å². The number of hydrogen-bond donors (Lipinski definition) is 1. The predicted molar refractivity (Wildman–Crippen MR) is 79.2 cm³/mol. The number of benzene rings is 1. The summed E-state index contributed by atoms with van der Waals surface area (Å²) in [5, 5.41) is 3.55. The minimum absolute atomic E-state index is 0.352. The fourth-order valence-electron chi connectivity index (χ4n) is 1.55. The molecule has 0 radical (unpaired) electrons. The van der Waals surface area contributed by atoms with Crippen LogP contribution in [0, 0.1) is 18.3 Å². The molecule has 0 spiro atoms. The molecule has 1 aromatic rings. The summed E-state index contributed by atoms with van der Waals surface area (Å²) in [6, 6.07) is 6.53. The molecule has 17 heavy (non-hydrogen) atoms. The summed E-state index contributed by atoms with van der Waals surface area (Å²) in [6.45, 7) is 13.3. The molecule has 0 bridgehead atoms. The molecule has 0 saturated heterocycles. The van der Waals surface area contributed by atoms with Crippen molar-refractivity contribution in [1.82, 2.24) is 5.32 Å². The van der Waals surface area contributed by atoms with Crippen LogP contribution in [0.5, 0.6) is 0 Å². The highest BCUT2D eigenvalue weighted by Crippen LogP contribution is 2.25. The lowest BCUT2D eigenvalue weighted by molar-refractivity contribution is 0.238. The van der Waals surface area contributed by atoms with Gasteiger partial charge in [-0.05, 0) is 35.4 Å². The van der Waals surface area contributed by atoms with Gasteiger partial charge in [-0.25, -0.2) is 0 Å². The van der Waals surface area contributed by atoms with Gasteiger partial charge in [-0.3, -0.25) is 0 Å². The fraction of sp³-hybridized carbons (Fsp3) is 0.600. The average molecular weight is 298 g/mol. The van der Waals surface area contributed by atoms with Crippen molar-refractivity contribution in [3.05, 3.63) is 33.8 Å². The van der Waals surface area contributed by atoms with Crippen molar-refractivity contribution in [2.75, 3.05) is 6.54 Å². The fourth-order valence-corrected chi connectivity index (χ4v) is 1.80. The third-order valence-corrected chi connectivity index (χ3v) is 4.58. The first-order valence-electron chi connectivity index (χ1n) is 6.28. The van der Waals surface area contributed by atoms with Crippen LogP contribution in [0.3, 0.4) is 0 Å². The van der Waals surface area contributed by atoms with E-state index in [0.717, 1.165) is 13.1 Å². The molecule has 0 aliphatic carbocycles. The van der Waals surface area contributed by atoms with Crippen LogP contribution in [0.2, 0.25) is 0 Å². The molecule has 0 saturated carbocycles. The Morgan fingerprint density at radius 1 is 1.29 bits per heavy atom. The quantitative estimate of drug-likeness (QED) is 0.842. The van der Waals surface area contributed by atoms with E-state index >= 15 is 0 Å². The summed E-state index contributed by atoms with van der Waals surface area (Å²) in [7, 11) is 0. The lowest BCUT2D eigenvalue weighted by Gasteiger charge is -2.29. The molecule has 96 valence electrons. The van der Waals surface area contributed by atoms with Crippen molar-refractivity contribution in [3.63, 3.8) is 0 Å². The van der Waals surface area contributed by atoms with Crippen LogP contribution in [0.15, 0.2) is 22.7 Å². The molecule has 2 heteroatoms. The van der Waals surface area contributed by atoms with Crippen molar-refractivity contribution >= 4 is 15.9 Å². The van der Waals surface area contributed by atoms with Gasteiger partial charge in [0.15, 0.2) is 0 Å². The summed E-state index contributed by atoms with van der Waals surface area (Å²) in [4.78, 5) is 0. The maximum absolute atomic E-state index is 3.55. The van der Waals surface area contributed by atoms with E-state index in [0.29, 0.717) is 11.3 Å². The van der Waals surface area contributed by atoms with Crippen LogP contribution in [-0.4, -0.2) is 6.54 Å². The van der Waals surface area contributed by atoms with Gasteiger partial charge in [-0.1, -0.05) is 55.8 Å². The molecular weight excluding hydrogens is 274 g/mol. The number of aryl methyl sites for hydroxylation is 1. The maximum Gasteiger partial charge on any atom is 0.0205 e. The average Bonchev–Trinajstić information content (AvgIpc) is 2.23. The predicted octanol–water partition coefficient (Wildman–Crippen LogP) is 4.53. The van der Waals surface area contributed by atoms with Gasteiger partial charge >= 0.3 is 0 Å². The Balaban J connectivity index is 2.49. The van der Waals surface area contributed by atoms with E-state index in [1.54, 1.807) is 0 Å². The van der Waals surface area contributed by atoms with Crippen LogP contribution in [0.4, 0.5) is 0 Å². The Morgan fingerprint density at radius 2 is 1.94 bits per heavy atom. The second kappa shape index (κ2) is 6.01. The molecule has 1 nitrogen and oxygen atoms in total. The first-order valence-corrected chi connectivity index (χ1v) is 7.08. The van der Waals surface area contributed by atoms with Gasteiger partial charge in [-0.15, -0.1) is 0 Å². The van der Waals surface area contributed by atoms with E-state index in [9.17, 15) is 0 Å². The van der Waals surface area contributed by atoms with Crippen LogP contribution in [0.25, 0.3) is 0 Å². The smallest absolute Gasteiger partial charge is 0.0205 e. The van der Waals surface area contributed by atoms with Crippen molar-refractivity contribution in [2.45, 2.75) is 41.2 Å². The topological polar surface area (TPSA) is 12.0 Å². The van der Waals surface area contributed by atoms with Gasteiger partial charge in [0.2, 0.25) is 0 Å². The van der Waals surface area contributed by atoms with Gasteiger partial charge in [0, 0.05) is 17.6 Å². The lowest BCUT2D eigenvalue weighted by Crippen LogP contribution is -2.33. The summed E-state index contributed by atoms with van der Waals surface area (Å²) in [6.07, 6.45) is 0. The molecule has 1 N–H and O–H groups in total. The zero-order chi connectivity index (χ0) is 13.1. The number of rotatable bonds is 5. The molecule has 0 atom stereocenters. The van der Waals surface area contributed by atoms with Gasteiger partial charge in [0.05, 0.1) is 0 Å². The highest BCUT2D eigenvalue weighted by atomic mass is 79.9. The third kappa shape index (κ3) is 4.44. The number of hydrogen-bond acceptors (Lipinski definition) is 1. The minimum Gasteiger partial charge on any atom is -0.312 e. The molecule has 0 fully saturated rings. The summed E-state index contributed by atoms with van der Waals surface area (Å²) < 4.78 is 1.18. The molecule has 0 amide bonds. The maximum atomic E-state index is 3.55. The zero-order valence-corrected chi connectivity index (χ0v) is 13.2. The second-order valence-corrected chi connectivity index (χ2v) is 6.68. The van der Waals surface area contributed by atoms with Crippen molar-refractivity contribution in [1.29, 1.82) is 0 Å². The third-order valence-electron chi connectivity index (χ3n) is 3.70. The first-order chi connectivity index (χ1) is 7.83. The van der Waals surface area contributed by atoms with E-state index in [-0.39, 0.29) is 0 Å². The van der Waals surface area contributed by atoms with Gasteiger partial charge in [0.25, 0.3) is 0 Å². The van der Waals surface area contributed by atoms with Crippen LogP contribution in [0.1, 0.15) is 38.8 Å². The molecular formula is C15H24BrN. The van der Waals surface area contributed by atoms with Crippen LogP contribution in [-0.2, 0) is 6.54 Å². The summed E-state index contributed by atoms with van der Waals surface area (Å²) >= 11 is 3.53. The molecule has 0 heterocycles.